The normalized spacial score (nSPS) is 15.3. The van der Waals surface area contributed by atoms with Crippen molar-refractivity contribution >= 4 is 5.57 Å². The van der Waals surface area contributed by atoms with Crippen LogP contribution in [0.15, 0.2) is 54.6 Å². The number of ether oxygens (including phenoxy) is 1. The second-order valence-corrected chi connectivity index (χ2v) is 6.97. The summed E-state index contributed by atoms with van der Waals surface area (Å²) < 4.78 is 5.22. The molecule has 0 saturated carbocycles. The molecule has 3 nitrogen and oxygen atoms in total. The van der Waals surface area contributed by atoms with Gasteiger partial charge >= 0.3 is 0 Å². The maximum atomic E-state index is 5.22. The number of rotatable bonds is 6. The van der Waals surface area contributed by atoms with Gasteiger partial charge in [-0.05, 0) is 54.9 Å². The van der Waals surface area contributed by atoms with Gasteiger partial charge in [-0.2, -0.15) is 0 Å². The third kappa shape index (κ3) is 4.94. The van der Waals surface area contributed by atoms with Crippen LogP contribution in [0.5, 0.6) is 5.75 Å². The van der Waals surface area contributed by atoms with Crippen LogP contribution in [0, 0.1) is 0 Å². The van der Waals surface area contributed by atoms with Gasteiger partial charge in [-0.25, -0.2) is 0 Å². The molecule has 0 saturated heterocycles. The van der Waals surface area contributed by atoms with Crippen molar-refractivity contribution in [2.24, 2.45) is 0 Å². The highest BCUT2D eigenvalue weighted by Crippen LogP contribution is 2.21. The standard InChI is InChI=1S/C22H28N2O/c1-23-14-4-5-21(17-23)20-10-6-18(7-11-20)15-24(2)16-19-8-12-22(25-3)13-9-19/h5-13H,4,14-17H2,1-3H3. The minimum absolute atomic E-state index is 0.907. The first-order valence-electron chi connectivity index (χ1n) is 8.92. The molecule has 0 bridgehead atoms. The van der Waals surface area contributed by atoms with E-state index in [0.717, 1.165) is 38.3 Å². The summed E-state index contributed by atoms with van der Waals surface area (Å²) in [6.45, 7) is 4.10. The predicted molar refractivity (Wildman–Crippen MR) is 105 cm³/mol. The van der Waals surface area contributed by atoms with E-state index in [1.165, 1.54) is 22.3 Å². The van der Waals surface area contributed by atoms with Crippen molar-refractivity contribution in [1.29, 1.82) is 0 Å². The molecule has 0 atom stereocenters. The van der Waals surface area contributed by atoms with Gasteiger partial charge in [0, 0.05) is 26.2 Å². The van der Waals surface area contributed by atoms with Crippen molar-refractivity contribution in [2.75, 3.05) is 34.3 Å². The van der Waals surface area contributed by atoms with Crippen molar-refractivity contribution in [3.8, 4) is 5.75 Å². The third-order valence-corrected chi connectivity index (χ3v) is 4.73. The highest BCUT2D eigenvalue weighted by molar-refractivity contribution is 5.67. The van der Waals surface area contributed by atoms with E-state index in [9.17, 15) is 0 Å². The predicted octanol–water partition coefficient (Wildman–Crippen LogP) is 4.05. The molecule has 0 aliphatic carbocycles. The smallest absolute Gasteiger partial charge is 0.118 e. The van der Waals surface area contributed by atoms with Crippen LogP contribution in [0.1, 0.15) is 23.1 Å². The van der Waals surface area contributed by atoms with Crippen LogP contribution in [0.25, 0.3) is 5.57 Å². The van der Waals surface area contributed by atoms with Crippen LogP contribution < -0.4 is 4.74 Å². The van der Waals surface area contributed by atoms with Gasteiger partial charge in [0.15, 0.2) is 0 Å². The van der Waals surface area contributed by atoms with Gasteiger partial charge in [0.05, 0.1) is 7.11 Å². The Hall–Kier alpha value is -2.10. The Balaban J connectivity index is 1.57. The quantitative estimate of drug-likeness (QED) is 0.791. The molecule has 0 radical (unpaired) electrons. The highest BCUT2D eigenvalue weighted by atomic mass is 16.5. The van der Waals surface area contributed by atoms with Gasteiger partial charge in [-0.1, -0.05) is 42.5 Å². The molecule has 0 aromatic heterocycles. The zero-order valence-electron chi connectivity index (χ0n) is 15.5. The molecule has 25 heavy (non-hydrogen) atoms. The van der Waals surface area contributed by atoms with Crippen LogP contribution in [-0.4, -0.2) is 44.1 Å². The summed E-state index contributed by atoms with van der Waals surface area (Å²) in [5, 5.41) is 0. The Bertz CT molecular complexity index is 704. The van der Waals surface area contributed by atoms with E-state index in [2.05, 4.69) is 66.4 Å². The molecule has 0 unspecified atom stereocenters. The Kier molecular flexibility index (Phi) is 5.90. The lowest BCUT2D eigenvalue weighted by Gasteiger charge is -2.23. The number of hydrogen-bond donors (Lipinski definition) is 0. The first kappa shape index (κ1) is 17.7. The number of nitrogens with zero attached hydrogens (tertiary/aromatic N) is 2. The van der Waals surface area contributed by atoms with Crippen LogP contribution in [0.2, 0.25) is 0 Å². The van der Waals surface area contributed by atoms with Crippen molar-refractivity contribution in [3.63, 3.8) is 0 Å². The fourth-order valence-electron chi connectivity index (χ4n) is 3.34. The number of methoxy groups -OCH3 is 1. The molecular formula is C22H28N2O. The van der Waals surface area contributed by atoms with Gasteiger partial charge < -0.3 is 9.64 Å². The Morgan fingerprint density at radius 3 is 2.12 bits per heavy atom. The third-order valence-electron chi connectivity index (χ3n) is 4.73. The molecule has 0 amide bonds. The minimum atomic E-state index is 0.907. The fraction of sp³-hybridized carbons (Fsp3) is 0.364. The van der Waals surface area contributed by atoms with Crippen LogP contribution in [0.4, 0.5) is 0 Å². The fourth-order valence-corrected chi connectivity index (χ4v) is 3.34. The Morgan fingerprint density at radius 1 is 0.960 bits per heavy atom. The van der Waals surface area contributed by atoms with Crippen molar-refractivity contribution < 1.29 is 4.74 Å². The van der Waals surface area contributed by atoms with E-state index >= 15 is 0 Å². The SMILES string of the molecule is COc1ccc(CN(C)Cc2ccc(C3=CCCN(C)C3)cc2)cc1. The molecular weight excluding hydrogens is 308 g/mol. The average molecular weight is 336 g/mol. The van der Waals surface area contributed by atoms with E-state index in [1.54, 1.807) is 7.11 Å². The first-order valence-corrected chi connectivity index (χ1v) is 8.92. The molecule has 2 aromatic rings. The van der Waals surface area contributed by atoms with Gasteiger partial charge in [-0.15, -0.1) is 0 Å². The summed E-state index contributed by atoms with van der Waals surface area (Å²) in [6.07, 6.45) is 3.53. The summed E-state index contributed by atoms with van der Waals surface area (Å²) >= 11 is 0. The largest absolute Gasteiger partial charge is 0.497 e. The maximum Gasteiger partial charge on any atom is 0.118 e. The summed E-state index contributed by atoms with van der Waals surface area (Å²) in [5.41, 5.74) is 5.46. The summed E-state index contributed by atoms with van der Waals surface area (Å²) in [5.74, 6) is 0.907. The second-order valence-electron chi connectivity index (χ2n) is 6.97. The lowest BCUT2D eigenvalue weighted by atomic mass is 10.00. The highest BCUT2D eigenvalue weighted by Gasteiger charge is 2.10. The van der Waals surface area contributed by atoms with Crippen LogP contribution in [-0.2, 0) is 13.1 Å². The van der Waals surface area contributed by atoms with Crippen LogP contribution >= 0.6 is 0 Å². The lowest BCUT2D eigenvalue weighted by molar-refractivity contribution is 0.319. The van der Waals surface area contributed by atoms with Crippen molar-refractivity contribution in [2.45, 2.75) is 19.5 Å². The zero-order chi connectivity index (χ0) is 17.6. The maximum absolute atomic E-state index is 5.22. The number of hydrogen-bond acceptors (Lipinski definition) is 3. The summed E-state index contributed by atoms with van der Waals surface area (Å²) in [6, 6.07) is 17.3. The van der Waals surface area contributed by atoms with Crippen molar-refractivity contribution in [3.05, 3.63) is 71.3 Å². The molecule has 0 N–H and O–H groups in total. The lowest BCUT2D eigenvalue weighted by Crippen LogP contribution is -2.24. The Labute approximate surface area is 151 Å². The molecule has 0 fully saturated rings. The molecule has 1 aliphatic heterocycles. The van der Waals surface area contributed by atoms with E-state index in [0.29, 0.717) is 0 Å². The molecule has 0 spiro atoms. The van der Waals surface area contributed by atoms with E-state index in [-0.39, 0.29) is 0 Å². The first-order chi connectivity index (χ1) is 12.1. The van der Waals surface area contributed by atoms with E-state index in [4.69, 9.17) is 4.74 Å². The molecule has 3 rings (SSSR count). The molecule has 3 heteroatoms. The molecule has 1 aliphatic rings. The number of likely N-dealkylation sites (N-methyl/N-ethyl adjacent to an activating group) is 1. The molecule has 132 valence electrons. The van der Waals surface area contributed by atoms with E-state index in [1.807, 2.05) is 12.1 Å². The van der Waals surface area contributed by atoms with Crippen LogP contribution in [0.3, 0.4) is 0 Å². The second kappa shape index (κ2) is 8.32. The number of benzene rings is 2. The Morgan fingerprint density at radius 2 is 1.56 bits per heavy atom. The summed E-state index contributed by atoms with van der Waals surface area (Å²) in [7, 11) is 6.05. The minimum Gasteiger partial charge on any atom is -0.497 e. The van der Waals surface area contributed by atoms with Crippen molar-refractivity contribution in [1.82, 2.24) is 9.80 Å². The van der Waals surface area contributed by atoms with Gasteiger partial charge in [0.25, 0.3) is 0 Å². The topological polar surface area (TPSA) is 15.7 Å². The summed E-state index contributed by atoms with van der Waals surface area (Å²) in [4.78, 5) is 4.72. The molecule has 2 aromatic carbocycles. The van der Waals surface area contributed by atoms with Gasteiger partial charge in [0.1, 0.15) is 5.75 Å². The molecule has 1 heterocycles. The van der Waals surface area contributed by atoms with Gasteiger partial charge in [0.2, 0.25) is 0 Å². The van der Waals surface area contributed by atoms with E-state index < -0.39 is 0 Å². The monoisotopic (exact) mass is 336 g/mol. The average Bonchev–Trinajstić information content (AvgIpc) is 2.63. The zero-order valence-corrected chi connectivity index (χ0v) is 15.5. The van der Waals surface area contributed by atoms with Gasteiger partial charge in [-0.3, -0.25) is 4.90 Å².